The number of pyridine rings is 1. The summed E-state index contributed by atoms with van der Waals surface area (Å²) in [4.78, 5) is 27.8. The zero-order valence-electron chi connectivity index (χ0n) is 16.6. The summed E-state index contributed by atoms with van der Waals surface area (Å²) < 4.78 is 7.90. The second kappa shape index (κ2) is 7.61. The van der Waals surface area contributed by atoms with E-state index >= 15 is 0 Å². The Balaban J connectivity index is 1.28. The molecule has 1 aliphatic rings. The number of hydrogen-bond acceptors (Lipinski definition) is 6. The van der Waals surface area contributed by atoms with Gasteiger partial charge in [0.2, 0.25) is 11.6 Å². The van der Waals surface area contributed by atoms with Gasteiger partial charge in [-0.1, -0.05) is 0 Å². The molecular formula is C20H26N6O2. The lowest BCUT2D eigenvalue weighted by Gasteiger charge is -2.30. The van der Waals surface area contributed by atoms with Crippen molar-refractivity contribution in [3.05, 3.63) is 35.5 Å². The lowest BCUT2D eigenvalue weighted by Crippen LogP contribution is -2.41. The number of nitrogens with one attached hydrogen (secondary N) is 1. The van der Waals surface area contributed by atoms with Gasteiger partial charge in [0.1, 0.15) is 0 Å². The van der Waals surface area contributed by atoms with Crippen LogP contribution >= 0.6 is 0 Å². The Labute approximate surface area is 164 Å². The highest BCUT2D eigenvalue weighted by molar-refractivity contribution is 5.79. The molecule has 4 rings (SSSR count). The Morgan fingerprint density at radius 3 is 2.71 bits per heavy atom. The van der Waals surface area contributed by atoms with E-state index in [4.69, 9.17) is 4.42 Å². The predicted molar refractivity (Wildman–Crippen MR) is 106 cm³/mol. The highest BCUT2D eigenvalue weighted by atomic mass is 16.4. The predicted octanol–water partition coefficient (Wildman–Crippen LogP) is 2.38. The van der Waals surface area contributed by atoms with Crippen molar-refractivity contribution < 1.29 is 9.21 Å². The minimum atomic E-state index is 0.0339. The Kier molecular flexibility index (Phi) is 5.02. The van der Waals surface area contributed by atoms with Crippen molar-refractivity contribution in [2.75, 3.05) is 24.5 Å². The standard InChI is InChI=1S/C20H26N6O2/c1-13-4-5-17-18(23-13)24-20(28-17)25-9-6-16(7-10-25)19(27)21-8-11-26-12-22-14(2)15(26)3/h4-5,12,16H,6-11H2,1-3H3,(H,21,27). The van der Waals surface area contributed by atoms with Crippen LogP contribution in [0.2, 0.25) is 0 Å². The lowest BCUT2D eigenvalue weighted by molar-refractivity contribution is -0.125. The average Bonchev–Trinajstić information content (AvgIpc) is 3.26. The van der Waals surface area contributed by atoms with Gasteiger partial charge >= 0.3 is 0 Å². The van der Waals surface area contributed by atoms with Crippen LogP contribution in [0.25, 0.3) is 11.2 Å². The molecule has 1 fully saturated rings. The lowest BCUT2D eigenvalue weighted by atomic mass is 9.96. The van der Waals surface area contributed by atoms with Crippen LogP contribution in [0, 0.1) is 26.7 Å². The van der Waals surface area contributed by atoms with Crippen LogP contribution in [0.4, 0.5) is 6.01 Å². The number of oxazole rings is 1. The van der Waals surface area contributed by atoms with E-state index < -0.39 is 0 Å². The number of amides is 1. The van der Waals surface area contributed by atoms with E-state index in [-0.39, 0.29) is 11.8 Å². The minimum absolute atomic E-state index is 0.0339. The van der Waals surface area contributed by atoms with Gasteiger partial charge < -0.3 is 19.2 Å². The summed E-state index contributed by atoms with van der Waals surface area (Å²) in [7, 11) is 0. The molecule has 0 radical (unpaired) electrons. The van der Waals surface area contributed by atoms with Gasteiger partial charge in [-0.05, 0) is 45.7 Å². The van der Waals surface area contributed by atoms with E-state index in [1.54, 1.807) is 0 Å². The molecule has 148 valence electrons. The third-order valence-electron chi connectivity index (χ3n) is 5.51. The van der Waals surface area contributed by atoms with Gasteiger partial charge in [0.25, 0.3) is 6.01 Å². The smallest absolute Gasteiger partial charge is 0.299 e. The summed E-state index contributed by atoms with van der Waals surface area (Å²) in [6.45, 7) is 8.84. The summed E-state index contributed by atoms with van der Waals surface area (Å²) >= 11 is 0. The summed E-state index contributed by atoms with van der Waals surface area (Å²) in [5.41, 5.74) is 4.43. The first-order valence-electron chi connectivity index (χ1n) is 9.76. The number of hydrogen-bond donors (Lipinski definition) is 1. The Morgan fingerprint density at radius 2 is 2.00 bits per heavy atom. The van der Waals surface area contributed by atoms with E-state index in [9.17, 15) is 4.79 Å². The Morgan fingerprint density at radius 1 is 1.21 bits per heavy atom. The quantitative estimate of drug-likeness (QED) is 0.729. The molecule has 0 spiro atoms. The number of imidazole rings is 1. The fraction of sp³-hybridized carbons (Fsp3) is 0.500. The molecule has 1 aliphatic heterocycles. The first-order valence-corrected chi connectivity index (χ1v) is 9.76. The van der Waals surface area contributed by atoms with Gasteiger partial charge in [0.15, 0.2) is 5.58 Å². The van der Waals surface area contributed by atoms with Gasteiger partial charge in [-0.15, -0.1) is 0 Å². The molecule has 28 heavy (non-hydrogen) atoms. The maximum atomic E-state index is 12.5. The van der Waals surface area contributed by atoms with Crippen molar-refractivity contribution in [3.63, 3.8) is 0 Å². The highest BCUT2D eigenvalue weighted by Crippen LogP contribution is 2.26. The van der Waals surface area contributed by atoms with Crippen LogP contribution in [0.1, 0.15) is 29.9 Å². The van der Waals surface area contributed by atoms with E-state index in [0.717, 1.165) is 49.6 Å². The van der Waals surface area contributed by atoms with Crippen LogP contribution in [0.15, 0.2) is 22.9 Å². The molecule has 0 unspecified atom stereocenters. The van der Waals surface area contributed by atoms with Gasteiger partial charge in [0.05, 0.1) is 12.0 Å². The first kappa shape index (κ1) is 18.5. The number of aromatic nitrogens is 4. The van der Waals surface area contributed by atoms with Crippen molar-refractivity contribution >= 4 is 23.2 Å². The number of fused-ring (bicyclic) bond motifs is 1. The Bertz CT molecular complexity index is 984. The number of piperidine rings is 1. The molecule has 0 bridgehead atoms. The molecule has 3 aromatic heterocycles. The number of nitrogens with zero attached hydrogens (tertiary/aromatic N) is 5. The zero-order chi connectivity index (χ0) is 19.7. The van der Waals surface area contributed by atoms with Crippen molar-refractivity contribution in [3.8, 4) is 0 Å². The fourth-order valence-electron chi connectivity index (χ4n) is 3.58. The van der Waals surface area contributed by atoms with Crippen molar-refractivity contribution in [2.45, 2.75) is 40.2 Å². The molecular weight excluding hydrogens is 356 g/mol. The normalized spacial score (nSPS) is 15.3. The summed E-state index contributed by atoms with van der Waals surface area (Å²) in [6.07, 6.45) is 3.41. The van der Waals surface area contributed by atoms with Gasteiger partial charge in [0, 0.05) is 43.5 Å². The van der Waals surface area contributed by atoms with E-state index in [1.807, 2.05) is 39.2 Å². The van der Waals surface area contributed by atoms with E-state index in [1.165, 1.54) is 0 Å². The second-order valence-electron chi connectivity index (χ2n) is 7.43. The molecule has 1 saturated heterocycles. The molecule has 8 nitrogen and oxygen atoms in total. The van der Waals surface area contributed by atoms with Crippen LogP contribution in [-0.4, -0.2) is 45.1 Å². The molecule has 0 aromatic carbocycles. The minimum Gasteiger partial charge on any atom is -0.422 e. The first-order chi connectivity index (χ1) is 13.5. The third-order valence-corrected chi connectivity index (χ3v) is 5.51. The molecule has 4 heterocycles. The number of aryl methyl sites for hydroxylation is 2. The molecule has 1 amide bonds. The van der Waals surface area contributed by atoms with Crippen molar-refractivity contribution in [2.24, 2.45) is 5.92 Å². The van der Waals surface area contributed by atoms with Gasteiger partial charge in [-0.25, -0.2) is 9.97 Å². The van der Waals surface area contributed by atoms with Crippen molar-refractivity contribution in [1.29, 1.82) is 0 Å². The van der Waals surface area contributed by atoms with Crippen LogP contribution in [0.3, 0.4) is 0 Å². The third kappa shape index (κ3) is 3.72. The second-order valence-corrected chi connectivity index (χ2v) is 7.43. The molecule has 0 atom stereocenters. The highest BCUT2D eigenvalue weighted by Gasteiger charge is 2.27. The SMILES string of the molecule is Cc1ccc2oc(N3CCC(C(=O)NCCn4cnc(C)c4C)CC3)nc2n1. The van der Waals surface area contributed by atoms with Crippen LogP contribution in [-0.2, 0) is 11.3 Å². The molecule has 3 aromatic rings. The topological polar surface area (TPSA) is 89.1 Å². The Hall–Kier alpha value is -2.90. The van der Waals surface area contributed by atoms with Crippen LogP contribution < -0.4 is 10.2 Å². The molecule has 0 aliphatic carbocycles. The van der Waals surface area contributed by atoms with Crippen molar-refractivity contribution in [1.82, 2.24) is 24.8 Å². The van der Waals surface area contributed by atoms with E-state index in [2.05, 4.69) is 29.7 Å². The van der Waals surface area contributed by atoms with Gasteiger partial charge in [-0.2, -0.15) is 4.98 Å². The fourth-order valence-corrected chi connectivity index (χ4v) is 3.58. The van der Waals surface area contributed by atoms with Crippen LogP contribution in [0.5, 0.6) is 0 Å². The molecule has 8 heteroatoms. The number of carbonyl (C=O) groups is 1. The maximum absolute atomic E-state index is 12.5. The maximum Gasteiger partial charge on any atom is 0.299 e. The number of carbonyl (C=O) groups excluding carboxylic acids is 1. The summed E-state index contributed by atoms with van der Waals surface area (Å²) in [5.74, 6) is 0.163. The van der Waals surface area contributed by atoms with Gasteiger partial charge in [-0.3, -0.25) is 4.79 Å². The molecule has 0 saturated carbocycles. The number of anilines is 1. The van der Waals surface area contributed by atoms with E-state index in [0.29, 0.717) is 23.8 Å². The zero-order valence-corrected chi connectivity index (χ0v) is 16.6. The monoisotopic (exact) mass is 382 g/mol. The summed E-state index contributed by atoms with van der Waals surface area (Å²) in [5, 5.41) is 3.06. The summed E-state index contributed by atoms with van der Waals surface area (Å²) in [6, 6.07) is 4.41. The molecule has 1 N–H and O–H groups in total. The largest absolute Gasteiger partial charge is 0.422 e. The number of rotatable bonds is 5. The average molecular weight is 382 g/mol.